The normalized spacial score (nSPS) is 20.6. The molecule has 7 heteroatoms. The third-order valence-electron chi connectivity index (χ3n) is 3.34. The van der Waals surface area contributed by atoms with E-state index < -0.39 is 0 Å². The van der Waals surface area contributed by atoms with Gasteiger partial charge >= 0.3 is 5.69 Å². The average Bonchev–Trinajstić information content (AvgIpc) is 2.71. The number of piperidine rings is 1. The summed E-state index contributed by atoms with van der Waals surface area (Å²) in [6.07, 6.45) is 2.13. The summed E-state index contributed by atoms with van der Waals surface area (Å²) in [5.74, 6) is 1.48. The maximum absolute atomic E-state index is 11.5. The Labute approximate surface area is 104 Å². The first kappa shape index (κ1) is 11.2. The van der Waals surface area contributed by atoms with Crippen LogP contribution in [0.4, 0.5) is 5.82 Å². The summed E-state index contributed by atoms with van der Waals surface area (Å²) in [5, 5.41) is 6.41. The lowest BCUT2D eigenvalue weighted by atomic mass is 10.1. The van der Waals surface area contributed by atoms with E-state index in [1.807, 2.05) is 6.07 Å². The topological polar surface area (TPSA) is 92.3 Å². The number of nitrogens with one attached hydrogen (secondary N) is 1. The van der Waals surface area contributed by atoms with E-state index in [1.54, 1.807) is 6.92 Å². The van der Waals surface area contributed by atoms with Crippen LogP contribution >= 0.6 is 0 Å². The number of aryl methyl sites for hydroxylation is 1. The molecular weight excluding hydrogens is 232 g/mol. The number of fused-ring (bicyclic) bond motifs is 1. The zero-order valence-corrected chi connectivity index (χ0v) is 10.3. The van der Waals surface area contributed by atoms with E-state index in [1.165, 1.54) is 4.40 Å². The van der Waals surface area contributed by atoms with Crippen molar-refractivity contribution in [3.8, 4) is 0 Å². The molecule has 3 rings (SSSR count). The summed E-state index contributed by atoms with van der Waals surface area (Å²) in [7, 11) is 0. The minimum Gasteiger partial charge on any atom is -0.355 e. The molecule has 0 amide bonds. The van der Waals surface area contributed by atoms with Crippen molar-refractivity contribution in [2.75, 3.05) is 18.0 Å². The van der Waals surface area contributed by atoms with Gasteiger partial charge in [0.05, 0.1) is 0 Å². The van der Waals surface area contributed by atoms with Crippen molar-refractivity contribution in [1.82, 2.24) is 19.6 Å². The molecular formula is C11H16N6O. The predicted molar refractivity (Wildman–Crippen MR) is 67.8 cm³/mol. The second-order valence-corrected chi connectivity index (χ2v) is 4.73. The summed E-state index contributed by atoms with van der Waals surface area (Å²) in [6, 6.07) is 2.02. The van der Waals surface area contributed by atoms with E-state index in [-0.39, 0.29) is 11.7 Å². The number of H-pyrrole nitrogens is 1. The second-order valence-electron chi connectivity index (χ2n) is 4.73. The lowest BCUT2D eigenvalue weighted by Gasteiger charge is -2.31. The van der Waals surface area contributed by atoms with E-state index in [9.17, 15) is 4.79 Å². The fourth-order valence-corrected chi connectivity index (χ4v) is 2.46. The molecule has 0 saturated carbocycles. The molecule has 0 bridgehead atoms. The van der Waals surface area contributed by atoms with Crippen molar-refractivity contribution in [3.05, 3.63) is 22.4 Å². The van der Waals surface area contributed by atoms with Crippen LogP contribution in [0.25, 0.3) is 5.65 Å². The first-order valence-electron chi connectivity index (χ1n) is 6.10. The van der Waals surface area contributed by atoms with Crippen molar-refractivity contribution in [2.24, 2.45) is 5.73 Å². The minimum atomic E-state index is -0.253. The predicted octanol–water partition coefficient (Wildman–Crippen LogP) is -0.346. The standard InChI is InChI=1S/C11H16N6O/c1-7-13-9(16-4-2-3-8(12)6-16)5-10-14-15-11(18)17(7)10/h5,8H,2-4,6,12H2,1H3,(H,15,18)/t8-/m1/s1. The van der Waals surface area contributed by atoms with Gasteiger partial charge in [-0.05, 0) is 19.8 Å². The van der Waals surface area contributed by atoms with Crippen LogP contribution in [0.15, 0.2) is 10.9 Å². The Hall–Kier alpha value is -1.89. The maximum atomic E-state index is 11.5. The van der Waals surface area contributed by atoms with Crippen LogP contribution in [0.5, 0.6) is 0 Å². The van der Waals surface area contributed by atoms with E-state index in [4.69, 9.17) is 5.73 Å². The Morgan fingerprint density at radius 2 is 2.39 bits per heavy atom. The Morgan fingerprint density at radius 3 is 3.17 bits per heavy atom. The summed E-state index contributed by atoms with van der Waals surface area (Å²) in [4.78, 5) is 18.1. The first-order chi connectivity index (χ1) is 8.65. The smallest absolute Gasteiger partial charge is 0.349 e. The highest BCUT2D eigenvalue weighted by Gasteiger charge is 2.19. The molecule has 0 radical (unpaired) electrons. The third kappa shape index (κ3) is 1.76. The maximum Gasteiger partial charge on any atom is 0.349 e. The molecule has 1 atom stereocenters. The number of anilines is 1. The molecule has 96 valence electrons. The van der Waals surface area contributed by atoms with Gasteiger partial charge in [0.2, 0.25) is 0 Å². The van der Waals surface area contributed by atoms with Gasteiger partial charge in [-0.1, -0.05) is 0 Å². The largest absolute Gasteiger partial charge is 0.355 e. The summed E-state index contributed by atoms with van der Waals surface area (Å²) < 4.78 is 1.47. The highest BCUT2D eigenvalue weighted by atomic mass is 16.1. The molecule has 3 N–H and O–H groups in total. The van der Waals surface area contributed by atoms with Crippen molar-refractivity contribution in [1.29, 1.82) is 0 Å². The number of aromatic nitrogens is 4. The van der Waals surface area contributed by atoms with Gasteiger partial charge in [0.25, 0.3) is 0 Å². The Bertz CT molecular complexity index is 630. The molecule has 1 aliphatic rings. The van der Waals surface area contributed by atoms with Gasteiger partial charge in [0, 0.05) is 25.2 Å². The summed E-state index contributed by atoms with van der Waals surface area (Å²) in [6.45, 7) is 3.56. The van der Waals surface area contributed by atoms with E-state index >= 15 is 0 Å². The Morgan fingerprint density at radius 1 is 1.56 bits per heavy atom. The molecule has 2 aromatic rings. The van der Waals surface area contributed by atoms with Crippen LogP contribution in [0.1, 0.15) is 18.7 Å². The number of nitrogens with two attached hydrogens (primary N) is 1. The van der Waals surface area contributed by atoms with Gasteiger partial charge in [0.1, 0.15) is 11.6 Å². The lowest BCUT2D eigenvalue weighted by molar-refractivity contribution is 0.502. The molecule has 3 heterocycles. The third-order valence-corrected chi connectivity index (χ3v) is 3.34. The van der Waals surface area contributed by atoms with E-state index in [2.05, 4.69) is 20.1 Å². The van der Waals surface area contributed by atoms with E-state index in [0.717, 1.165) is 31.7 Å². The Balaban J connectivity index is 2.04. The van der Waals surface area contributed by atoms with Crippen molar-refractivity contribution in [2.45, 2.75) is 25.8 Å². The summed E-state index contributed by atoms with van der Waals surface area (Å²) in [5.41, 5.74) is 6.32. The SMILES string of the molecule is Cc1nc(N2CCC[C@@H](N)C2)cc2n[nH]c(=O)n12. The molecule has 0 unspecified atom stereocenters. The second kappa shape index (κ2) is 4.09. The van der Waals surface area contributed by atoms with Gasteiger partial charge < -0.3 is 10.6 Å². The van der Waals surface area contributed by atoms with Crippen molar-refractivity contribution < 1.29 is 0 Å². The number of hydrogen-bond acceptors (Lipinski definition) is 5. The van der Waals surface area contributed by atoms with Crippen LogP contribution in [-0.4, -0.2) is 38.7 Å². The quantitative estimate of drug-likeness (QED) is 0.720. The fourth-order valence-electron chi connectivity index (χ4n) is 2.46. The molecule has 1 saturated heterocycles. The highest BCUT2D eigenvalue weighted by molar-refractivity contribution is 5.51. The van der Waals surface area contributed by atoms with E-state index in [0.29, 0.717) is 11.5 Å². The molecule has 2 aromatic heterocycles. The monoisotopic (exact) mass is 248 g/mol. The summed E-state index contributed by atoms with van der Waals surface area (Å²) >= 11 is 0. The molecule has 1 fully saturated rings. The zero-order valence-electron chi connectivity index (χ0n) is 10.3. The minimum absolute atomic E-state index is 0.193. The number of rotatable bonds is 1. The molecule has 18 heavy (non-hydrogen) atoms. The Kier molecular flexibility index (Phi) is 2.55. The van der Waals surface area contributed by atoms with Crippen LogP contribution in [-0.2, 0) is 0 Å². The van der Waals surface area contributed by atoms with Gasteiger partial charge in [0.15, 0.2) is 5.65 Å². The lowest BCUT2D eigenvalue weighted by Crippen LogP contribution is -2.43. The fraction of sp³-hybridized carbons (Fsp3) is 0.545. The zero-order chi connectivity index (χ0) is 12.7. The van der Waals surface area contributed by atoms with Crippen LogP contribution in [0.2, 0.25) is 0 Å². The van der Waals surface area contributed by atoms with Crippen LogP contribution in [0.3, 0.4) is 0 Å². The number of nitrogens with zero attached hydrogens (tertiary/aromatic N) is 4. The van der Waals surface area contributed by atoms with Gasteiger partial charge in [-0.15, -0.1) is 0 Å². The van der Waals surface area contributed by atoms with Crippen molar-refractivity contribution in [3.63, 3.8) is 0 Å². The number of aromatic amines is 1. The average molecular weight is 248 g/mol. The molecule has 0 aromatic carbocycles. The van der Waals surface area contributed by atoms with Crippen LogP contribution < -0.4 is 16.3 Å². The first-order valence-corrected chi connectivity index (χ1v) is 6.10. The highest BCUT2D eigenvalue weighted by Crippen LogP contribution is 2.18. The molecule has 1 aliphatic heterocycles. The van der Waals surface area contributed by atoms with Crippen molar-refractivity contribution >= 4 is 11.5 Å². The van der Waals surface area contributed by atoms with Gasteiger partial charge in [-0.3, -0.25) is 0 Å². The molecule has 0 aliphatic carbocycles. The molecule has 7 nitrogen and oxygen atoms in total. The van der Waals surface area contributed by atoms with Gasteiger partial charge in [-0.25, -0.2) is 19.3 Å². The number of hydrogen-bond donors (Lipinski definition) is 2. The van der Waals surface area contributed by atoms with Gasteiger partial charge in [-0.2, -0.15) is 5.10 Å². The van der Waals surface area contributed by atoms with Crippen LogP contribution in [0, 0.1) is 6.92 Å². The molecule has 0 spiro atoms.